The van der Waals surface area contributed by atoms with E-state index in [2.05, 4.69) is 0 Å². The Balaban J connectivity index is 1.89. The van der Waals surface area contributed by atoms with Crippen LogP contribution in [0.2, 0.25) is 5.02 Å². The molecule has 1 amide bonds. The van der Waals surface area contributed by atoms with Gasteiger partial charge in [-0.3, -0.25) is 4.79 Å². The van der Waals surface area contributed by atoms with Gasteiger partial charge in [-0.1, -0.05) is 11.6 Å². The molecule has 1 heterocycles. The molecule has 1 aromatic carbocycles. The standard InChI is InChI=1S/C13H15ClN2O4/c14-11-7-9(15)1-2-10(11)13(18)20-8-12(17)16-3-5-19-6-4-16/h1-2,7H,3-6,8,15H2. The van der Waals surface area contributed by atoms with E-state index < -0.39 is 5.97 Å². The van der Waals surface area contributed by atoms with Gasteiger partial charge in [0.25, 0.3) is 5.91 Å². The fourth-order valence-electron chi connectivity index (χ4n) is 1.81. The Hall–Kier alpha value is -1.79. The number of esters is 1. The topological polar surface area (TPSA) is 81.9 Å². The predicted octanol–water partition coefficient (Wildman–Crippen LogP) is 0.938. The van der Waals surface area contributed by atoms with E-state index in [-0.39, 0.29) is 23.1 Å². The normalized spacial score (nSPS) is 14.9. The smallest absolute Gasteiger partial charge is 0.340 e. The Kier molecular flexibility index (Phi) is 4.81. The lowest BCUT2D eigenvalue weighted by atomic mass is 10.2. The summed E-state index contributed by atoms with van der Waals surface area (Å²) in [6.45, 7) is 1.73. The van der Waals surface area contributed by atoms with Crippen molar-refractivity contribution in [1.29, 1.82) is 0 Å². The van der Waals surface area contributed by atoms with Crippen LogP contribution in [0.25, 0.3) is 0 Å². The lowest BCUT2D eigenvalue weighted by molar-refractivity contribution is -0.138. The van der Waals surface area contributed by atoms with E-state index in [1.54, 1.807) is 11.0 Å². The van der Waals surface area contributed by atoms with Crippen LogP contribution in [0.4, 0.5) is 5.69 Å². The van der Waals surface area contributed by atoms with Crippen molar-refractivity contribution in [3.8, 4) is 0 Å². The number of nitrogen functional groups attached to an aromatic ring is 1. The highest BCUT2D eigenvalue weighted by molar-refractivity contribution is 6.33. The van der Waals surface area contributed by atoms with Crippen LogP contribution in [0, 0.1) is 0 Å². The van der Waals surface area contributed by atoms with E-state index in [0.717, 1.165) is 0 Å². The van der Waals surface area contributed by atoms with E-state index >= 15 is 0 Å². The fraction of sp³-hybridized carbons (Fsp3) is 0.385. The van der Waals surface area contributed by atoms with Crippen molar-refractivity contribution < 1.29 is 19.1 Å². The minimum Gasteiger partial charge on any atom is -0.452 e. The number of benzene rings is 1. The largest absolute Gasteiger partial charge is 0.452 e. The average Bonchev–Trinajstić information content (AvgIpc) is 2.45. The molecule has 1 aliphatic rings. The first-order chi connectivity index (χ1) is 9.58. The zero-order valence-electron chi connectivity index (χ0n) is 10.8. The van der Waals surface area contributed by atoms with E-state index in [0.29, 0.717) is 32.0 Å². The molecule has 1 fully saturated rings. The van der Waals surface area contributed by atoms with Crippen LogP contribution < -0.4 is 5.73 Å². The Bertz CT molecular complexity index is 515. The molecule has 1 aromatic rings. The highest BCUT2D eigenvalue weighted by Gasteiger charge is 2.19. The van der Waals surface area contributed by atoms with Crippen LogP contribution in [-0.2, 0) is 14.3 Å². The summed E-state index contributed by atoms with van der Waals surface area (Å²) in [6, 6.07) is 4.48. The first-order valence-corrected chi connectivity index (χ1v) is 6.53. The van der Waals surface area contributed by atoms with Gasteiger partial charge in [0.2, 0.25) is 0 Å². The van der Waals surface area contributed by atoms with Crippen LogP contribution >= 0.6 is 11.6 Å². The number of halogens is 1. The van der Waals surface area contributed by atoms with Gasteiger partial charge >= 0.3 is 5.97 Å². The SMILES string of the molecule is Nc1ccc(C(=O)OCC(=O)N2CCOCC2)c(Cl)c1. The van der Waals surface area contributed by atoms with Crippen LogP contribution in [0.5, 0.6) is 0 Å². The molecule has 108 valence electrons. The van der Waals surface area contributed by atoms with Gasteiger partial charge in [0.05, 0.1) is 23.8 Å². The second-order valence-corrected chi connectivity index (χ2v) is 4.72. The predicted molar refractivity (Wildman–Crippen MR) is 73.5 cm³/mol. The highest BCUT2D eigenvalue weighted by Crippen LogP contribution is 2.19. The van der Waals surface area contributed by atoms with Gasteiger partial charge in [-0.25, -0.2) is 4.79 Å². The van der Waals surface area contributed by atoms with Crippen LogP contribution in [0.3, 0.4) is 0 Å². The third kappa shape index (κ3) is 3.61. The van der Waals surface area contributed by atoms with Gasteiger partial charge in [-0.05, 0) is 18.2 Å². The molecular formula is C13H15ClN2O4. The number of ether oxygens (including phenoxy) is 2. The molecule has 0 radical (unpaired) electrons. The zero-order chi connectivity index (χ0) is 14.5. The number of hydrogen-bond acceptors (Lipinski definition) is 5. The van der Waals surface area contributed by atoms with Crippen molar-refractivity contribution in [3.05, 3.63) is 28.8 Å². The molecule has 6 nitrogen and oxygen atoms in total. The molecule has 0 atom stereocenters. The second kappa shape index (κ2) is 6.58. The molecule has 0 spiro atoms. The van der Waals surface area contributed by atoms with Crippen molar-refractivity contribution in [1.82, 2.24) is 4.90 Å². The lowest BCUT2D eigenvalue weighted by Crippen LogP contribution is -2.42. The second-order valence-electron chi connectivity index (χ2n) is 4.31. The lowest BCUT2D eigenvalue weighted by Gasteiger charge is -2.26. The summed E-state index contributed by atoms with van der Waals surface area (Å²) in [7, 11) is 0. The highest BCUT2D eigenvalue weighted by atomic mass is 35.5. The number of carbonyl (C=O) groups excluding carboxylic acids is 2. The molecule has 0 bridgehead atoms. The third-order valence-electron chi connectivity index (χ3n) is 2.90. The monoisotopic (exact) mass is 298 g/mol. The zero-order valence-corrected chi connectivity index (χ0v) is 11.6. The summed E-state index contributed by atoms with van der Waals surface area (Å²) in [4.78, 5) is 25.2. The Morgan fingerprint density at radius 1 is 1.35 bits per heavy atom. The van der Waals surface area contributed by atoms with Crippen molar-refractivity contribution >= 4 is 29.2 Å². The molecule has 2 rings (SSSR count). The molecule has 2 N–H and O–H groups in total. The molecule has 0 unspecified atom stereocenters. The maximum Gasteiger partial charge on any atom is 0.340 e. The number of rotatable bonds is 3. The van der Waals surface area contributed by atoms with Gasteiger partial charge in [-0.15, -0.1) is 0 Å². The molecule has 0 saturated carbocycles. The Morgan fingerprint density at radius 2 is 2.05 bits per heavy atom. The number of hydrogen-bond donors (Lipinski definition) is 1. The first-order valence-electron chi connectivity index (χ1n) is 6.15. The van der Waals surface area contributed by atoms with Crippen LogP contribution in [0.15, 0.2) is 18.2 Å². The first kappa shape index (κ1) is 14.6. The maximum absolute atomic E-state index is 11.8. The molecule has 1 saturated heterocycles. The molecular weight excluding hydrogens is 284 g/mol. The summed E-state index contributed by atoms with van der Waals surface area (Å²) in [5, 5.41) is 0.203. The van der Waals surface area contributed by atoms with Crippen molar-refractivity contribution in [2.24, 2.45) is 0 Å². The maximum atomic E-state index is 11.8. The van der Waals surface area contributed by atoms with Crippen LogP contribution in [0.1, 0.15) is 10.4 Å². The van der Waals surface area contributed by atoms with Gasteiger partial charge in [0.15, 0.2) is 6.61 Å². The van der Waals surface area contributed by atoms with E-state index in [1.165, 1.54) is 12.1 Å². The minimum absolute atomic E-state index is 0.190. The van der Waals surface area contributed by atoms with E-state index in [9.17, 15) is 9.59 Å². The number of amides is 1. The molecule has 1 aliphatic heterocycles. The summed E-state index contributed by atoms with van der Waals surface area (Å²) >= 11 is 5.90. The van der Waals surface area contributed by atoms with Crippen molar-refractivity contribution in [3.63, 3.8) is 0 Å². The summed E-state index contributed by atoms with van der Waals surface area (Å²) in [5.41, 5.74) is 6.18. The molecule has 20 heavy (non-hydrogen) atoms. The van der Waals surface area contributed by atoms with Gasteiger partial charge in [-0.2, -0.15) is 0 Å². The van der Waals surface area contributed by atoms with E-state index in [4.69, 9.17) is 26.8 Å². The quantitative estimate of drug-likeness (QED) is 0.663. The number of carbonyl (C=O) groups is 2. The molecule has 0 aliphatic carbocycles. The number of nitrogens with two attached hydrogens (primary N) is 1. The third-order valence-corrected chi connectivity index (χ3v) is 3.22. The van der Waals surface area contributed by atoms with Crippen LogP contribution in [-0.4, -0.2) is 49.7 Å². The molecule has 7 heteroatoms. The van der Waals surface area contributed by atoms with Gasteiger partial charge in [0.1, 0.15) is 0 Å². The number of morpholine rings is 1. The number of anilines is 1. The summed E-state index contributed by atoms with van der Waals surface area (Å²) < 4.78 is 10.1. The average molecular weight is 299 g/mol. The summed E-state index contributed by atoms with van der Waals surface area (Å²) in [6.07, 6.45) is 0. The fourth-order valence-corrected chi connectivity index (χ4v) is 2.07. The Labute approximate surface area is 121 Å². The Morgan fingerprint density at radius 3 is 2.70 bits per heavy atom. The van der Waals surface area contributed by atoms with Gasteiger partial charge < -0.3 is 20.1 Å². The van der Waals surface area contributed by atoms with Crippen molar-refractivity contribution in [2.45, 2.75) is 0 Å². The summed E-state index contributed by atoms with van der Waals surface area (Å²) in [5.74, 6) is -0.884. The minimum atomic E-state index is -0.642. The van der Waals surface area contributed by atoms with Gasteiger partial charge in [0, 0.05) is 18.8 Å². The van der Waals surface area contributed by atoms with Crippen molar-refractivity contribution in [2.75, 3.05) is 38.6 Å². The number of nitrogens with zero attached hydrogens (tertiary/aromatic N) is 1. The molecule has 0 aromatic heterocycles. The van der Waals surface area contributed by atoms with E-state index in [1.807, 2.05) is 0 Å².